The minimum absolute atomic E-state index is 0.477. The van der Waals surface area contributed by atoms with Crippen molar-refractivity contribution in [1.29, 1.82) is 0 Å². The summed E-state index contributed by atoms with van der Waals surface area (Å²) >= 11 is 0. The van der Waals surface area contributed by atoms with Gasteiger partial charge in [0, 0.05) is 5.56 Å². The number of carbonyl (C=O) groups excluding carboxylic acids is 1. The predicted octanol–water partition coefficient (Wildman–Crippen LogP) is 0.868. The Morgan fingerprint density at radius 1 is 1.36 bits per heavy atom. The van der Waals surface area contributed by atoms with E-state index in [1.54, 1.807) is 18.2 Å². The average molecular weight is 195 g/mol. The Morgan fingerprint density at radius 2 is 2.00 bits per heavy atom. The first-order valence-electron chi connectivity index (χ1n) is 4.17. The van der Waals surface area contributed by atoms with Crippen LogP contribution in [0.4, 0.5) is 0 Å². The molecule has 0 saturated heterocycles. The Balaban J connectivity index is 2.99. The lowest BCUT2D eigenvalue weighted by molar-refractivity contribution is -0.142. The highest BCUT2D eigenvalue weighted by atomic mass is 16.5. The van der Waals surface area contributed by atoms with Crippen LogP contribution in [0.2, 0.25) is 0 Å². The Kier molecular flexibility index (Phi) is 3.48. The van der Waals surface area contributed by atoms with Crippen molar-refractivity contribution in [2.45, 2.75) is 6.04 Å². The molecule has 0 bridgehead atoms. The maximum absolute atomic E-state index is 11.2. The van der Waals surface area contributed by atoms with Gasteiger partial charge in [-0.1, -0.05) is 18.2 Å². The average Bonchev–Trinajstić information content (AvgIpc) is 2.26. The van der Waals surface area contributed by atoms with Crippen LogP contribution < -0.4 is 10.5 Å². The second kappa shape index (κ2) is 4.62. The molecule has 1 aromatic rings. The number of methoxy groups -OCH3 is 2. The van der Waals surface area contributed by atoms with E-state index in [-0.39, 0.29) is 0 Å². The molecule has 4 nitrogen and oxygen atoms in total. The molecular formula is C10H13NO3. The molecule has 0 spiro atoms. The van der Waals surface area contributed by atoms with E-state index in [0.717, 1.165) is 0 Å². The largest absolute Gasteiger partial charge is 0.496 e. The lowest BCUT2D eigenvalue weighted by Crippen LogP contribution is -2.23. The Bertz CT molecular complexity index is 325. The molecule has 1 atom stereocenters. The van der Waals surface area contributed by atoms with Crippen molar-refractivity contribution >= 4 is 5.97 Å². The molecular weight excluding hydrogens is 182 g/mol. The number of nitrogens with two attached hydrogens (primary N) is 1. The van der Waals surface area contributed by atoms with Gasteiger partial charge in [-0.05, 0) is 6.07 Å². The summed E-state index contributed by atoms with van der Waals surface area (Å²) in [6, 6.07) is 6.29. The van der Waals surface area contributed by atoms with Crippen molar-refractivity contribution in [3.05, 3.63) is 29.8 Å². The second-order valence-electron chi connectivity index (χ2n) is 2.74. The van der Waals surface area contributed by atoms with Crippen LogP contribution in [-0.2, 0) is 9.53 Å². The molecule has 1 unspecified atom stereocenters. The molecule has 0 heterocycles. The van der Waals surface area contributed by atoms with Crippen molar-refractivity contribution < 1.29 is 14.3 Å². The summed E-state index contributed by atoms with van der Waals surface area (Å²) in [7, 11) is 2.83. The first-order chi connectivity index (χ1) is 6.70. The molecule has 4 heteroatoms. The minimum Gasteiger partial charge on any atom is -0.496 e. The number of benzene rings is 1. The lowest BCUT2D eigenvalue weighted by atomic mass is 10.1. The number of para-hydroxylation sites is 1. The highest BCUT2D eigenvalue weighted by Crippen LogP contribution is 2.23. The van der Waals surface area contributed by atoms with Crippen molar-refractivity contribution in [3.63, 3.8) is 0 Å². The Labute approximate surface area is 82.6 Å². The summed E-state index contributed by atoms with van der Waals surface area (Å²) in [4.78, 5) is 11.2. The van der Waals surface area contributed by atoms with E-state index < -0.39 is 12.0 Å². The molecule has 14 heavy (non-hydrogen) atoms. The fourth-order valence-electron chi connectivity index (χ4n) is 1.18. The van der Waals surface area contributed by atoms with Gasteiger partial charge in [0.15, 0.2) is 0 Å². The Morgan fingerprint density at radius 3 is 2.57 bits per heavy atom. The van der Waals surface area contributed by atoms with Crippen molar-refractivity contribution in [1.82, 2.24) is 0 Å². The van der Waals surface area contributed by atoms with E-state index in [1.165, 1.54) is 14.2 Å². The molecule has 0 aliphatic carbocycles. The van der Waals surface area contributed by atoms with Gasteiger partial charge in [0.1, 0.15) is 11.8 Å². The minimum atomic E-state index is -0.795. The van der Waals surface area contributed by atoms with E-state index in [2.05, 4.69) is 4.74 Å². The lowest BCUT2D eigenvalue weighted by Gasteiger charge is -2.12. The fourth-order valence-corrected chi connectivity index (χ4v) is 1.18. The normalized spacial score (nSPS) is 11.9. The summed E-state index contributed by atoms with van der Waals surface area (Å²) in [5, 5.41) is 0. The zero-order chi connectivity index (χ0) is 10.6. The smallest absolute Gasteiger partial charge is 0.327 e. The summed E-state index contributed by atoms with van der Waals surface area (Å²) in [5.74, 6) is 0.111. The maximum atomic E-state index is 11.2. The number of hydrogen-bond acceptors (Lipinski definition) is 4. The maximum Gasteiger partial charge on any atom is 0.327 e. The standard InChI is InChI=1S/C10H13NO3/c1-13-8-6-4-3-5-7(8)9(11)10(12)14-2/h3-6,9H,11H2,1-2H3. The van der Waals surface area contributed by atoms with E-state index in [4.69, 9.17) is 10.5 Å². The third-order valence-electron chi connectivity index (χ3n) is 1.93. The van der Waals surface area contributed by atoms with Gasteiger partial charge in [-0.15, -0.1) is 0 Å². The van der Waals surface area contributed by atoms with Gasteiger partial charge in [0.25, 0.3) is 0 Å². The van der Waals surface area contributed by atoms with Gasteiger partial charge in [0.05, 0.1) is 14.2 Å². The van der Waals surface area contributed by atoms with E-state index in [1.807, 2.05) is 6.07 Å². The molecule has 2 N–H and O–H groups in total. The van der Waals surface area contributed by atoms with Gasteiger partial charge in [0.2, 0.25) is 0 Å². The molecule has 76 valence electrons. The van der Waals surface area contributed by atoms with E-state index in [0.29, 0.717) is 11.3 Å². The molecule has 1 rings (SSSR count). The summed E-state index contributed by atoms with van der Waals surface area (Å²) < 4.78 is 9.62. The summed E-state index contributed by atoms with van der Waals surface area (Å²) in [6.45, 7) is 0. The molecule has 0 radical (unpaired) electrons. The fraction of sp³-hybridized carbons (Fsp3) is 0.300. The molecule has 0 amide bonds. The van der Waals surface area contributed by atoms with Gasteiger partial charge < -0.3 is 15.2 Å². The third-order valence-corrected chi connectivity index (χ3v) is 1.93. The highest BCUT2D eigenvalue weighted by molar-refractivity contribution is 5.78. The first-order valence-corrected chi connectivity index (χ1v) is 4.17. The van der Waals surface area contributed by atoms with E-state index in [9.17, 15) is 4.79 Å². The highest BCUT2D eigenvalue weighted by Gasteiger charge is 2.19. The molecule has 0 saturated carbocycles. The van der Waals surface area contributed by atoms with Gasteiger partial charge in [-0.25, -0.2) is 0 Å². The SMILES string of the molecule is COC(=O)C(N)c1ccccc1OC. The van der Waals surface area contributed by atoms with E-state index >= 15 is 0 Å². The zero-order valence-corrected chi connectivity index (χ0v) is 8.19. The van der Waals surface area contributed by atoms with Crippen LogP contribution in [0.25, 0.3) is 0 Å². The zero-order valence-electron chi connectivity index (χ0n) is 8.19. The van der Waals surface area contributed by atoms with Crippen molar-refractivity contribution in [2.75, 3.05) is 14.2 Å². The predicted molar refractivity (Wildman–Crippen MR) is 51.9 cm³/mol. The van der Waals surface area contributed by atoms with Gasteiger partial charge in [-0.3, -0.25) is 4.79 Å². The summed E-state index contributed by atoms with van der Waals surface area (Å²) in [6.07, 6.45) is 0. The van der Waals surface area contributed by atoms with Gasteiger partial charge in [-0.2, -0.15) is 0 Å². The van der Waals surface area contributed by atoms with Crippen LogP contribution in [0.3, 0.4) is 0 Å². The van der Waals surface area contributed by atoms with Crippen LogP contribution in [0, 0.1) is 0 Å². The monoisotopic (exact) mass is 195 g/mol. The second-order valence-corrected chi connectivity index (χ2v) is 2.74. The number of carbonyl (C=O) groups is 1. The number of rotatable bonds is 3. The topological polar surface area (TPSA) is 61.5 Å². The van der Waals surface area contributed by atoms with Crippen molar-refractivity contribution in [2.24, 2.45) is 5.73 Å². The molecule has 0 fully saturated rings. The molecule has 1 aromatic carbocycles. The Hall–Kier alpha value is -1.55. The summed E-state index contributed by atoms with van der Waals surface area (Å²) in [5.41, 5.74) is 6.30. The van der Waals surface area contributed by atoms with Crippen LogP contribution in [-0.4, -0.2) is 20.2 Å². The number of esters is 1. The molecule has 0 aromatic heterocycles. The van der Waals surface area contributed by atoms with Crippen LogP contribution >= 0.6 is 0 Å². The quantitative estimate of drug-likeness (QED) is 0.727. The number of ether oxygens (including phenoxy) is 2. The first kappa shape index (κ1) is 10.5. The van der Waals surface area contributed by atoms with Crippen LogP contribution in [0.15, 0.2) is 24.3 Å². The third kappa shape index (κ3) is 2.03. The molecule has 0 aliphatic rings. The van der Waals surface area contributed by atoms with Crippen molar-refractivity contribution in [3.8, 4) is 5.75 Å². The van der Waals surface area contributed by atoms with Crippen LogP contribution in [0.5, 0.6) is 5.75 Å². The van der Waals surface area contributed by atoms with Crippen LogP contribution in [0.1, 0.15) is 11.6 Å². The number of hydrogen-bond donors (Lipinski definition) is 1. The molecule has 0 aliphatic heterocycles. The van der Waals surface area contributed by atoms with Gasteiger partial charge >= 0.3 is 5.97 Å².